The molecule has 1 aliphatic rings. The highest BCUT2D eigenvalue weighted by molar-refractivity contribution is 9.10. The molecule has 1 aliphatic heterocycles. The standard InChI is InChI=1S/C10H11BrClNO3S/c11-9-4-2-1-3-8(9)10-7-13(5-6-16-10)17(12,14)15/h1-4,10H,5-7H2. The Balaban J connectivity index is 2.21. The van der Waals surface area contributed by atoms with Crippen LogP contribution in [0, 0.1) is 0 Å². The monoisotopic (exact) mass is 339 g/mol. The van der Waals surface area contributed by atoms with E-state index in [0.717, 1.165) is 10.0 Å². The molecule has 2 rings (SSSR count). The first-order chi connectivity index (χ1) is 7.98. The lowest BCUT2D eigenvalue weighted by Crippen LogP contribution is -2.40. The van der Waals surface area contributed by atoms with E-state index in [9.17, 15) is 8.42 Å². The number of rotatable bonds is 2. The SMILES string of the molecule is O=S(=O)(Cl)N1CCOC(c2ccccc2Br)C1. The maximum Gasteiger partial charge on any atom is 0.299 e. The molecule has 1 heterocycles. The van der Waals surface area contributed by atoms with Gasteiger partial charge in [0.15, 0.2) is 0 Å². The van der Waals surface area contributed by atoms with E-state index in [4.69, 9.17) is 15.4 Å². The number of hydrogen-bond acceptors (Lipinski definition) is 3. The van der Waals surface area contributed by atoms with Gasteiger partial charge < -0.3 is 4.74 Å². The van der Waals surface area contributed by atoms with Crippen molar-refractivity contribution in [3.63, 3.8) is 0 Å². The molecule has 7 heteroatoms. The van der Waals surface area contributed by atoms with Gasteiger partial charge in [-0.25, -0.2) is 0 Å². The zero-order chi connectivity index (χ0) is 12.5. The Morgan fingerprint density at radius 1 is 1.41 bits per heavy atom. The summed E-state index contributed by atoms with van der Waals surface area (Å²) in [7, 11) is 1.67. The van der Waals surface area contributed by atoms with E-state index >= 15 is 0 Å². The molecule has 1 aromatic carbocycles. The molecule has 0 radical (unpaired) electrons. The van der Waals surface area contributed by atoms with Crippen LogP contribution >= 0.6 is 26.6 Å². The highest BCUT2D eigenvalue weighted by atomic mass is 79.9. The third-order valence-electron chi connectivity index (χ3n) is 2.59. The average Bonchev–Trinajstić information content (AvgIpc) is 2.29. The molecule has 0 saturated carbocycles. The van der Waals surface area contributed by atoms with Gasteiger partial charge in [0.05, 0.1) is 12.7 Å². The van der Waals surface area contributed by atoms with Gasteiger partial charge in [0.25, 0.3) is 9.24 Å². The molecular formula is C10H11BrClNO3S. The van der Waals surface area contributed by atoms with E-state index in [-0.39, 0.29) is 12.6 Å². The van der Waals surface area contributed by atoms with Crippen molar-refractivity contribution in [2.24, 2.45) is 0 Å². The molecule has 0 aromatic heterocycles. The van der Waals surface area contributed by atoms with Gasteiger partial charge in [0.2, 0.25) is 0 Å². The van der Waals surface area contributed by atoms with E-state index in [0.29, 0.717) is 13.2 Å². The van der Waals surface area contributed by atoms with Crippen LogP contribution in [0.4, 0.5) is 0 Å². The van der Waals surface area contributed by atoms with Crippen LogP contribution in [0.15, 0.2) is 28.7 Å². The molecule has 0 N–H and O–H groups in total. The van der Waals surface area contributed by atoms with Gasteiger partial charge in [-0.15, -0.1) is 0 Å². The number of hydrogen-bond donors (Lipinski definition) is 0. The minimum atomic E-state index is -3.67. The molecule has 1 unspecified atom stereocenters. The maximum absolute atomic E-state index is 11.3. The van der Waals surface area contributed by atoms with E-state index in [1.165, 1.54) is 4.31 Å². The van der Waals surface area contributed by atoms with Crippen molar-refractivity contribution < 1.29 is 13.2 Å². The van der Waals surface area contributed by atoms with Gasteiger partial charge in [-0.3, -0.25) is 0 Å². The van der Waals surface area contributed by atoms with E-state index < -0.39 is 9.24 Å². The molecule has 1 aromatic rings. The molecule has 4 nitrogen and oxygen atoms in total. The summed E-state index contributed by atoms with van der Waals surface area (Å²) in [5, 5.41) is 0. The van der Waals surface area contributed by atoms with Gasteiger partial charge in [-0.1, -0.05) is 34.1 Å². The number of ether oxygens (including phenoxy) is 1. The van der Waals surface area contributed by atoms with Gasteiger partial charge in [0, 0.05) is 28.2 Å². The molecule has 0 bridgehead atoms. The van der Waals surface area contributed by atoms with Crippen molar-refractivity contribution in [3.8, 4) is 0 Å². The minimum absolute atomic E-state index is 0.244. The maximum atomic E-state index is 11.3. The van der Waals surface area contributed by atoms with Crippen molar-refractivity contribution >= 4 is 35.8 Å². The summed E-state index contributed by atoms with van der Waals surface area (Å²) in [6, 6.07) is 7.58. The second-order valence-electron chi connectivity index (χ2n) is 3.68. The van der Waals surface area contributed by atoms with Crippen molar-refractivity contribution in [3.05, 3.63) is 34.3 Å². The molecule has 1 fully saturated rings. The fourth-order valence-electron chi connectivity index (χ4n) is 1.75. The Bertz CT molecular complexity index is 508. The lowest BCUT2D eigenvalue weighted by Gasteiger charge is -2.30. The lowest BCUT2D eigenvalue weighted by molar-refractivity contribution is -0.00225. The van der Waals surface area contributed by atoms with Crippen LogP contribution in [0.25, 0.3) is 0 Å². The first-order valence-electron chi connectivity index (χ1n) is 5.04. The normalized spacial score (nSPS) is 22.6. The Hall–Kier alpha value is -0.140. The molecule has 17 heavy (non-hydrogen) atoms. The highest BCUT2D eigenvalue weighted by Crippen LogP contribution is 2.29. The first kappa shape index (κ1) is 13.3. The quantitative estimate of drug-likeness (QED) is 0.776. The summed E-state index contributed by atoms with van der Waals surface area (Å²) >= 11 is 3.42. The summed E-state index contributed by atoms with van der Waals surface area (Å²) in [5.41, 5.74) is 0.928. The van der Waals surface area contributed by atoms with Crippen molar-refractivity contribution in [1.82, 2.24) is 4.31 Å². The van der Waals surface area contributed by atoms with Crippen LogP contribution in [0.5, 0.6) is 0 Å². The Labute approximate surface area is 113 Å². The van der Waals surface area contributed by atoms with Crippen molar-refractivity contribution in [2.45, 2.75) is 6.10 Å². The van der Waals surface area contributed by atoms with Crippen LogP contribution in [0.3, 0.4) is 0 Å². The Morgan fingerprint density at radius 3 is 2.76 bits per heavy atom. The van der Waals surface area contributed by atoms with Crippen LogP contribution < -0.4 is 0 Å². The summed E-state index contributed by atoms with van der Waals surface area (Å²) in [5.74, 6) is 0. The molecule has 0 amide bonds. The topological polar surface area (TPSA) is 46.6 Å². The van der Waals surface area contributed by atoms with Crippen LogP contribution in [-0.2, 0) is 14.0 Å². The predicted octanol–water partition coefficient (Wildman–Crippen LogP) is 2.31. The average molecular weight is 341 g/mol. The van der Waals surface area contributed by atoms with Crippen molar-refractivity contribution in [2.75, 3.05) is 19.7 Å². The molecule has 0 spiro atoms. The number of benzene rings is 1. The third-order valence-corrected chi connectivity index (χ3v) is 4.85. The van der Waals surface area contributed by atoms with Gasteiger partial charge in [0.1, 0.15) is 0 Å². The third kappa shape index (κ3) is 3.20. The summed E-state index contributed by atoms with van der Waals surface area (Å²) in [4.78, 5) is 0. The van der Waals surface area contributed by atoms with Crippen molar-refractivity contribution in [1.29, 1.82) is 0 Å². The van der Waals surface area contributed by atoms with E-state index in [1.54, 1.807) is 0 Å². The van der Waals surface area contributed by atoms with Gasteiger partial charge in [-0.2, -0.15) is 12.7 Å². The number of halogens is 2. The Kier molecular flexibility index (Phi) is 4.10. The fourth-order valence-corrected chi connectivity index (χ4v) is 3.27. The molecule has 94 valence electrons. The second-order valence-corrected chi connectivity index (χ2v) is 7.05. The molecule has 1 atom stereocenters. The lowest BCUT2D eigenvalue weighted by atomic mass is 10.1. The van der Waals surface area contributed by atoms with Gasteiger partial charge >= 0.3 is 0 Å². The summed E-state index contributed by atoms with van der Waals surface area (Å²) < 4.78 is 30.2. The molecule has 1 saturated heterocycles. The first-order valence-corrected chi connectivity index (χ1v) is 8.10. The van der Waals surface area contributed by atoms with Crippen LogP contribution in [-0.4, -0.2) is 32.4 Å². The minimum Gasteiger partial charge on any atom is -0.371 e. The largest absolute Gasteiger partial charge is 0.371 e. The Morgan fingerprint density at radius 2 is 2.12 bits per heavy atom. The molecular weight excluding hydrogens is 330 g/mol. The number of morpholine rings is 1. The van der Waals surface area contributed by atoms with E-state index in [1.807, 2.05) is 24.3 Å². The van der Waals surface area contributed by atoms with Crippen LogP contribution in [0.2, 0.25) is 0 Å². The van der Waals surface area contributed by atoms with Gasteiger partial charge in [-0.05, 0) is 11.6 Å². The van der Waals surface area contributed by atoms with Crippen LogP contribution in [0.1, 0.15) is 11.7 Å². The fraction of sp³-hybridized carbons (Fsp3) is 0.400. The smallest absolute Gasteiger partial charge is 0.299 e. The number of nitrogens with zero attached hydrogens (tertiary/aromatic N) is 1. The zero-order valence-corrected chi connectivity index (χ0v) is 12.0. The zero-order valence-electron chi connectivity index (χ0n) is 8.84. The summed E-state index contributed by atoms with van der Waals surface area (Å²) in [6.45, 7) is 0.888. The second kappa shape index (κ2) is 5.24. The molecule has 0 aliphatic carbocycles. The highest BCUT2D eigenvalue weighted by Gasteiger charge is 2.29. The predicted molar refractivity (Wildman–Crippen MR) is 69.2 cm³/mol. The summed E-state index contributed by atoms with van der Waals surface area (Å²) in [6.07, 6.45) is -0.284. The van der Waals surface area contributed by atoms with E-state index in [2.05, 4.69) is 15.9 Å².